The molecule has 2 heterocycles. The number of aryl methyl sites for hydroxylation is 2. The number of aromatic hydroxyl groups is 1. The van der Waals surface area contributed by atoms with Gasteiger partial charge in [-0.15, -0.1) is 0 Å². The number of hydrogen-bond donors (Lipinski definition) is 4. The van der Waals surface area contributed by atoms with Crippen LogP contribution in [0.15, 0.2) is 23.0 Å². The van der Waals surface area contributed by atoms with Gasteiger partial charge in [0.05, 0.1) is 5.69 Å². The lowest BCUT2D eigenvalue weighted by Gasteiger charge is -2.13. The lowest BCUT2D eigenvalue weighted by atomic mass is 9.98. The molecule has 4 N–H and O–H groups in total. The number of rotatable bonds is 5. The highest BCUT2D eigenvalue weighted by molar-refractivity contribution is 5.93. The molecule has 3 aromatic rings. The van der Waals surface area contributed by atoms with Crippen LogP contribution in [0, 0.1) is 11.8 Å². The number of fused-ring (bicyclic) bond motifs is 4. The lowest BCUT2D eigenvalue weighted by molar-refractivity contribution is 0.0691. The summed E-state index contributed by atoms with van der Waals surface area (Å²) in [6.45, 7) is 4.13. The lowest BCUT2D eigenvalue weighted by Crippen LogP contribution is -2.20. The minimum Gasteiger partial charge on any atom is -0.506 e. The van der Waals surface area contributed by atoms with Gasteiger partial charge < -0.3 is 25.1 Å². The van der Waals surface area contributed by atoms with Crippen molar-refractivity contribution in [3.05, 3.63) is 50.9 Å². The van der Waals surface area contributed by atoms with E-state index < -0.39 is 22.8 Å². The molecule has 7 heteroatoms. The van der Waals surface area contributed by atoms with E-state index in [-0.39, 0.29) is 0 Å². The van der Waals surface area contributed by atoms with Gasteiger partial charge >= 0.3 is 5.97 Å². The minimum absolute atomic E-state index is 0.411. The summed E-state index contributed by atoms with van der Waals surface area (Å²) in [5, 5.41) is 24.5. The Labute approximate surface area is 179 Å². The SMILES string of the molecule is CC1CC1CNCc1cc2cc3c(cc2n1C)CCCc1c-3[nH]c(=O)c(C(=O)O)c1O. The van der Waals surface area contributed by atoms with Gasteiger partial charge in [-0.1, -0.05) is 6.92 Å². The maximum atomic E-state index is 12.4. The predicted octanol–water partition coefficient (Wildman–Crippen LogP) is 3.17. The average molecular weight is 421 g/mol. The number of nitrogens with one attached hydrogen (secondary N) is 2. The van der Waals surface area contributed by atoms with Gasteiger partial charge in [0.2, 0.25) is 0 Å². The zero-order valence-corrected chi connectivity index (χ0v) is 17.8. The Balaban J connectivity index is 1.57. The molecule has 2 atom stereocenters. The van der Waals surface area contributed by atoms with Crippen LogP contribution >= 0.6 is 0 Å². The zero-order valence-electron chi connectivity index (χ0n) is 17.8. The van der Waals surface area contributed by atoms with E-state index in [1.54, 1.807) is 0 Å². The molecule has 7 nitrogen and oxygen atoms in total. The molecular formula is C24H27N3O4. The van der Waals surface area contributed by atoms with Crippen molar-refractivity contribution in [3.63, 3.8) is 0 Å². The molecule has 2 aliphatic carbocycles. The van der Waals surface area contributed by atoms with E-state index in [1.807, 2.05) is 0 Å². The maximum Gasteiger partial charge on any atom is 0.345 e. The summed E-state index contributed by atoms with van der Waals surface area (Å²) in [6, 6.07) is 6.37. The van der Waals surface area contributed by atoms with E-state index in [2.05, 4.69) is 47.0 Å². The molecule has 1 fully saturated rings. The van der Waals surface area contributed by atoms with Crippen molar-refractivity contribution in [2.45, 2.75) is 39.2 Å². The Kier molecular flexibility index (Phi) is 4.66. The fraction of sp³-hybridized carbons (Fsp3) is 0.417. The summed E-state index contributed by atoms with van der Waals surface area (Å²) in [5.74, 6) is -0.202. The fourth-order valence-corrected chi connectivity index (χ4v) is 4.92. The summed E-state index contributed by atoms with van der Waals surface area (Å²) in [7, 11) is 2.07. The Morgan fingerprint density at radius 2 is 2.06 bits per heavy atom. The van der Waals surface area contributed by atoms with Crippen LogP contribution in [0.2, 0.25) is 0 Å². The van der Waals surface area contributed by atoms with E-state index in [1.165, 1.54) is 12.1 Å². The second kappa shape index (κ2) is 7.27. The fourth-order valence-electron chi connectivity index (χ4n) is 4.92. The molecule has 0 saturated heterocycles. The molecule has 0 aliphatic heterocycles. The van der Waals surface area contributed by atoms with Crippen LogP contribution in [0.1, 0.15) is 46.9 Å². The van der Waals surface area contributed by atoms with Gasteiger partial charge in [0.15, 0.2) is 5.56 Å². The Morgan fingerprint density at radius 1 is 1.29 bits per heavy atom. The van der Waals surface area contributed by atoms with Crippen molar-refractivity contribution >= 4 is 16.9 Å². The first-order valence-corrected chi connectivity index (χ1v) is 10.9. The molecule has 2 aliphatic rings. The van der Waals surface area contributed by atoms with Crippen molar-refractivity contribution < 1.29 is 15.0 Å². The van der Waals surface area contributed by atoms with Gasteiger partial charge in [-0.05, 0) is 67.8 Å². The summed E-state index contributed by atoms with van der Waals surface area (Å²) in [5.41, 5.74) is 3.97. The minimum atomic E-state index is -1.41. The smallest absolute Gasteiger partial charge is 0.345 e. The number of aromatic carboxylic acids is 1. The van der Waals surface area contributed by atoms with Crippen LogP contribution in [0.4, 0.5) is 0 Å². The van der Waals surface area contributed by atoms with Crippen LogP contribution in [0.25, 0.3) is 22.2 Å². The topological polar surface area (TPSA) is 107 Å². The van der Waals surface area contributed by atoms with Gasteiger partial charge in [-0.3, -0.25) is 4.79 Å². The summed E-state index contributed by atoms with van der Waals surface area (Å²) < 4.78 is 2.21. The average Bonchev–Trinajstić information content (AvgIpc) is 3.38. The van der Waals surface area contributed by atoms with Crippen LogP contribution < -0.4 is 10.9 Å². The first-order chi connectivity index (χ1) is 14.8. The number of H-pyrrole nitrogens is 1. The standard InChI is InChI=1S/C24H27N3O4/c1-12-6-15(12)10-25-11-16-7-14-8-18-13(9-19(14)27(16)2)4-3-5-17-21(18)26-23(29)20(22(17)28)24(30)31/h7-9,12,15,25H,3-6,10-11H2,1-2H3,(H,30,31)(H2,26,28,29). The molecule has 5 rings (SSSR count). The number of aromatic amines is 1. The van der Waals surface area contributed by atoms with Gasteiger partial charge in [-0.2, -0.15) is 0 Å². The number of carboxylic acid groups (broad SMARTS) is 1. The van der Waals surface area contributed by atoms with E-state index >= 15 is 0 Å². The second-order valence-corrected chi connectivity index (χ2v) is 9.06. The van der Waals surface area contributed by atoms with Crippen LogP contribution in [0.5, 0.6) is 5.75 Å². The predicted molar refractivity (Wildman–Crippen MR) is 119 cm³/mol. The van der Waals surface area contributed by atoms with E-state index in [4.69, 9.17) is 0 Å². The van der Waals surface area contributed by atoms with Crippen molar-refractivity contribution in [1.29, 1.82) is 0 Å². The quantitative estimate of drug-likeness (QED) is 0.506. The third-order valence-corrected chi connectivity index (χ3v) is 7.00. The number of pyridine rings is 1. The van der Waals surface area contributed by atoms with Crippen LogP contribution in [0.3, 0.4) is 0 Å². The Bertz CT molecular complexity index is 1270. The molecule has 0 radical (unpaired) electrons. The van der Waals surface area contributed by atoms with E-state index in [9.17, 15) is 19.8 Å². The largest absolute Gasteiger partial charge is 0.506 e. The van der Waals surface area contributed by atoms with Crippen LogP contribution in [-0.2, 0) is 26.4 Å². The highest BCUT2D eigenvalue weighted by Crippen LogP contribution is 2.39. The van der Waals surface area contributed by atoms with Gasteiger partial charge in [0, 0.05) is 41.3 Å². The Hall–Kier alpha value is -3.06. The van der Waals surface area contributed by atoms with Crippen LogP contribution in [-0.4, -0.2) is 32.3 Å². The van der Waals surface area contributed by atoms with E-state index in [0.717, 1.165) is 59.8 Å². The summed E-state index contributed by atoms with van der Waals surface area (Å²) in [6.07, 6.45) is 3.38. The van der Waals surface area contributed by atoms with E-state index in [0.29, 0.717) is 17.7 Å². The molecule has 0 amide bonds. The highest BCUT2D eigenvalue weighted by atomic mass is 16.4. The summed E-state index contributed by atoms with van der Waals surface area (Å²) >= 11 is 0. The monoisotopic (exact) mass is 421 g/mol. The normalized spacial score (nSPS) is 19.7. The van der Waals surface area contributed by atoms with Gasteiger partial charge in [0.1, 0.15) is 5.75 Å². The Morgan fingerprint density at radius 3 is 2.77 bits per heavy atom. The molecule has 0 bridgehead atoms. The number of aromatic nitrogens is 2. The zero-order chi connectivity index (χ0) is 21.9. The number of carboxylic acids is 1. The van der Waals surface area contributed by atoms with Crippen molar-refractivity contribution in [3.8, 4) is 17.0 Å². The highest BCUT2D eigenvalue weighted by Gasteiger charge is 2.31. The third kappa shape index (κ3) is 3.33. The second-order valence-electron chi connectivity index (χ2n) is 9.06. The van der Waals surface area contributed by atoms with Gasteiger partial charge in [0.25, 0.3) is 5.56 Å². The molecule has 162 valence electrons. The molecule has 1 aromatic carbocycles. The molecule has 1 saturated carbocycles. The number of carbonyl (C=O) groups is 1. The van der Waals surface area contributed by atoms with Gasteiger partial charge in [-0.25, -0.2) is 4.79 Å². The molecule has 2 aromatic heterocycles. The van der Waals surface area contributed by atoms with Crippen molar-refractivity contribution in [2.75, 3.05) is 6.54 Å². The number of benzene rings is 1. The molecule has 2 unspecified atom stereocenters. The molecule has 0 spiro atoms. The van der Waals surface area contributed by atoms with Crippen molar-refractivity contribution in [1.82, 2.24) is 14.9 Å². The van der Waals surface area contributed by atoms with Crippen molar-refractivity contribution in [2.24, 2.45) is 18.9 Å². The number of nitrogens with zero attached hydrogens (tertiary/aromatic N) is 1. The molecule has 31 heavy (non-hydrogen) atoms. The first-order valence-electron chi connectivity index (χ1n) is 10.9. The molecular weight excluding hydrogens is 394 g/mol. The third-order valence-electron chi connectivity index (χ3n) is 7.00. The maximum absolute atomic E-state index is 12.4. The summed E-state index contributed by atoms with van der Waals surface area (Å²) in [4.78, 5) is 26.6. The first kappa shape index (κ1) is 19.9. The number of hydrogen-bond acceptors (Lipinski definition) is 4.